The summed E-state index contributed by atoms with van der Waals surface area (Å²) in [5, 5.41) is 3.32. The lowest BCUT2D eigenvalue weighted by Gasteiger charge is -2.18. The van der Waals surface area contributed by atoms with E-state index < -0.39 is 11.2 Å². The smallest absolute Gasteiger partial charge is 0.336 e. The van der Waals surface area contributed by atoms with Gasteiger partial charge in [0.2, 0.25) is 11.7 Å². The number of hydrogen-bond donors (Lipinski definition) is 1. The number of carbonyl (C=O) groups excluding carboxylic acids is 1. The Balaban J connectivity index is 1.89. The van der Waals surface area contributed by atoms with Crippen molar-refractivity contribution in [2.75, 3.05) is 21.3 Å². The molecule has 1 heterocycles. The van der Waals surface area contributed by atoms with Gasteiger partial charge in [0, 0.05) is 18.2 Å². The second-order valence-corrected chi connectivity index (χ2v) is 7.96. The lowest BCUT2D eigenvalue weighted by molar-refractivity contribution is -0.122. The fourth-order valence-electron chi connectivity index (χ4n) is 4.38. The minimum Gasteiger partial charge on any atom is -0.493 e. The molecule has 4 rings (SSSR count). The van der Waals surface area contributed by atoms with E-state index >= 15 is 0 Å². The molecule has 2 aromatic carbocycles. The fraction of sp³-hybridized carbons (Fsp3) is 0.375. The number of aromatic nitrogens is 2. The lowest BCUT2D eigenvalue weighted by atomic mass is 10.2. The Morgan fingerprint density at radius 2 is 1.64 bits per heavy atom. The van der Waals surface area contributed by atoms with Crippen molar-refractivity contribution in [1.29, 1.82) is 0 Å². The highest BCUT2D eigenvalue weighted by atomic mass is 16.5. The molecule has 0 saturated heterocycles. The molecule has 174 valence electrons. The Labute approximate surface area is 190 Å². The number of nitrogens with zero attached hydrogens (tertiary/aromatic N) is 2. The summed E-state index contributed by atoms with van der Waals surface area (Å²) >= 11 is 0. The number of methoxy groups -OCH3 is 3. The van der Waals surface area contributed by atoms with E-state index in [9.17, 15) is 14.4 Å². The molecule has 1 aliphatic carbocycles. The number of amides is 1. The molecule has 33 heavy (non-hydrogen) atoms. The molecule has 1 aromatic heterocycles. The molecule has 0 spiro atoms. The quantitative estimate of drug-likeness (QED) is 0.589. The van der Waals surface area contributed by atoms with Gasteiger partial charge in [-0.3, -0.25) is 14.2 Å². The molecular formula is C24H27N3O6. The zero-order valence-electron chi connectivity index (χ0n) is 18.9. The van der Waals surface area contributed by atoms with Gasteiger partial charge in [-0.05, 0) is 25.0 Å². The van der Waals surface area contributed by atoms with E-state index in [0.29, 0.717) is 28.2 Å². The maximum atomic E-state index is 13.6. The van der Waals surface area contributed by atoms with Gasteiger partial charge in [-0.1, -0.05) is 25.0 Å². The highest BCUT2D eigenvalue weighted by molar-refractivity contribution is 5.82. The largest absolute Gasteiger partial charge is 0.493 e. The van der Waals surface area contributed by atoms with E-state index in [1.165, 1.54) is 38.0 Å². The van der Waals surface area contributed by atoms with Gasteiger partial charge in [-0.15, -0.1) is 0 Å². The zero-order chi connectivity index (χ0) is 23.5. The van der Waals surface area contributed by atoms with Crippen LogP contribution in [0, 0.1) is 0 Å². The van der Waals surface area contributed by atoms with Crippen molar-refractivity contribution in [2.24, 2.45) is 0 Å². The van der Waals surface area contributed by atoms with Crippen LogP contribution in [0.4, 0.5) is 0 Å². The summed E-state index contributed by atoms with van der Waals surface area (Å²) in [4.78, 5) is 39.7. The van der Waals surface area contributed by atoms with Gasteiger partial charge in [0.1, 0.15) is 6.54 Å². The third-order valence-corrected chi connectivity index (χ3v) is 5.98. The van der Waals surface area contributed by atoms with Crippen molar-refractivity contribution in [3.63, 3.8) is 0 Å². The Morgan fingerprint density at radius 1 is 1.00 bits per heavy atom. The molecule has 1 N–H and O–H groups in total. The Hall–Kier alpha value is -3.75. The number of fused-ring (bicyclic) bond motifs is 1. The van der Waals surface area contributed by atoms with Crippen molar-refractivity contribution in [3.8, 4) is 22.9 Å². The SMILES string of the molecule is COc1cc(-n2c(=O)c3ccccc3n(CC(=O)NC3CCCC3)c2=O)cc(OC)c1OC. The molecule has 1 fully saturated rings. The van der Waals surface area contributed by atoms with Crippen molar-refractivity contribution >= 4 is 16.8 Å². The highest BCUT2D eigenvalue weighted by Gasteiger charge is 2.22. The van der Waals surface area contributed by atoms with Crippen LogP contribution in [0.2, 0.25) is 0 Å². The number of rotatable bonds is 7. The molecule has 1 amide bonds. The first-order valence-corrected chi connectivity index (χ1v) is 10.8. The van der Waals surface area contributed by atoms with Gasteiger partial charge in [0.15, 0.2) is 11.5 Å². The minimum absolute atomic E-state index is 0.125. The first-order chi connectivity index (χ1) is 16.0. The first-order valence-electron chi connectivity index (χ1n) is 10.8. The molecule has 0 unspecified atom stereocenters. The average Bonchev–Trinajstić information content (AvgIpc) is 3.34. The number of para-hydroxylation sites is 1. The van der Waals surface area contributed by atoms with Crippen molar-refractivity contribution in [3.05, 3.63) is 57.2 Å². The summed E-state index contributed by atoms with van der Waals surface area (Å²) in [7, 11) is 4.38. The third-order valence-electron chi connectivity index (χ3n) is 5.98. The van der Waals surface area contributed by atoms with Crippen LogP contribution >= 0.6 is 0 Å². The summed E-state index contributed by atoms with van der Waals surface area (Å²) in [6.45, 7) is -0.194. The number of benzene rings is 2. The molecule has 1 aliphatic rings. The van der Waals surface area contributed by atoms with E-state index in [4.69, 9.17) is 14.2 Å². The van der Waals surface area contributed by atoms with Gasteiger partial charge in [0.25, 0.3) is 5.56 Å². The van der Waals surface area contributed by atoms with Gasteiger partial charge in [-0.25, -0.2) is 9.36 Å². The van der Waals surface area contributed by atoms with E-state index in [0.717, 1.165) is 30.3 Å². The highest BCUT2D eigenvalue weighted by Crippen LogP contribution is 2.38. The van der Waals surface area contributed by atoms with Crippen LogP contribution in [-0.2, 0) is 11.3 Å². The van der Waals surface area contributed by atoms with Gasteiger partial charge < -0.3 is 19.5 Å². The predicted molar refractivity (Wildman–Crippen MR) is 124 cm³/mol. The van der Waals surface area contributed by atoms with Crippen molar-refractivity contribution in [2.45, 2.75) is 38.3 Å². The van der Waals surface area contributed by atoms with Gasteiger partial charge in [0.05, 0.1) is 37.9 Å². The number of hydrogen-bond acceptors (Lipinski definition) is 6. The predicted octanol–water partition coefficient (Wildman–Crippen LogP) is 2.24. The average molecular weight is 453 g/mol. The first kappa shape index (κ1) is 22.4. The van der Waals surface area contributed by atoms with Crippen LogP contribution in [0.3, 0.4) is 0 Å². The molecule has 0 radical (unpaired) electrons. The van der Waals surface area contributed by atoms with Crippen LogP contribution in [0.15, 0.2) is 46.0 Å². The summed E-state index contributed by atoms with van der Waals surface area (Å²) in [6.07, 6.45) is 4.04. The summed E-state index contributed by atoms with van der Waals surface area (Å²) < 4.78 is 18.5. The number of carbonyl (C=O) groups is 1. The second-order valence-electron chi connectivity index (χ2n) is 7.96. The van der Waals surface area contributed by atoms with E-state index in [1.54, 1.807) is 24.3 Å². The Morgan fingerprint density at radius 3 is 2.24 bits per heavy atom. The molecule has 9 heteroatoms. The third kappa shape index (κ3) is 4.18. The van der Waals surface area contributed by atoms with E-state index in [-0.39, 0.29) is 24.2 Å². The number of nitrogens with one attached hydrogen (secondary N) is 1. The van der Waals surface area contributed by atoms with E-state index in [2.05, 4.69) is 5.32 Å². The van der Waals surface area contributed by atoms with Crippen LogP contribution in [0.5, 0.6) is 17.2 Å². The molecule has 0 aliphatic heterocycles. The molecular weight excluding hydrogens is 426 g/mol. The zero-order valence-corrected chi connectivity index (χ0v) is 18.9. The molecule has 9 nitrogen and oxygen atoms in total. The topological polar surface area (TPSA) is 101 Å². The van der Waals surface area contributed by atoms with Crippen LogP contribution in [-0.4, -0.2) is 42.4 Å². The fourth-order valence-corrected chi connectivity index (χ4v) is 4.38. The summed E-state index contributed by atoms with van der Waals surface area (Å²) in [5.74, 6) is 0.687. The van der Waals surface area contributed by atoms with Crippen LogP contribution < -0.4 is 30.8 Å². The minimum atomic E-state index is -0.630. The lowest BCUT2D eigenvalue weighted by Crippen LogP contribution is -2.43. The summed E-state index contributed by atoms with van der Waals surface area (Å²) in [5.41, 5.74) is -0.486. The van der Waals surface area contributed by atoms with Crippen molar-refractivity contribution in [1.82, 2.24) is 14.5 Å². The molecule has 0 bridgehead atoms. The Kier molecular flexibility index (Phi) is 6.39. The molecule has 1 saturated carbocycles. The molecule has 0 atom stereocenters. The van der Waals surface area contributed by atoms with Crippen molar-refractivity contribution < 1.29 is 19.0 Å². The van der Waals surface area contributed by atoms with Crippen LogP contribution in [0.25, 0.3) is 16.6 Å². The monoisotopic (exact) mass is 453 g/mol. The van der Waals surface area contributed by atoms with E-state index in [1.807, 2.05) is 0 Å². The maximum absolute atomic E-state index is 13.6. The number of ether oxygens (including phenoxy) is 3. The maximum Gasteiger partial charge on any atom is 0.336 e. The summed E-state index contributed by atoms with van der Waals surface area (Å²) in [6, 6.07) is 9.94. The normalized spacial score (nSPS) is 13.8. The second kappa shape index (κ2) is 9.40. The molecule has 3 aromatic rings. The standard InChI is InChI=1S/C24H27N3O6/c1-31-19-12-16(13-20(32-2)22(19)33-3)27-23(29)17-10-6-7-11-18(17)26(24(27)30)14-21(28)25-15-8-4-5-9-15/h6-7,10-13,15H,4-5,8-9,14H2,1-3H3,(H,25,28). The Bertz CT molecular complexity index is 1280. The van der Waals surface area contributed by atoms with Crippen LogP contribution in [0.1, 0.15) is 25.7 Å². The van der Waals surface area contributed by atoms with Gasteiger partial charge >= 0.3 is 5.69 Å². The van der Waals surface area contributed by atoms with Gasteiger partial charge in [-0.2, -0.15) is 0 Å².